The first-order valence-corrected chi connectivity index (χ1v) is 10.7. The zero-order valence-corrected chi connectivity index (χ0v) is 19.1. The van der Waals surface area contributed by atoms with E-state index >= 15 is 0 Å². The van der Waals surface area contributed by atoms with E-state index < -0.39 is 0 Å². The summed E-state index contributed by atoms with van der Waals surface area (Å²) < 4.78 is 7.47. The molecule has 28 heavy (non-hydrogen) atoms. The van der Waals surface area contributed by atoms with E-state index in [9.17, 15) is 9.59 Å². The van der Waals surface area contributed by atoms with Gasteiger partial charge in [0.1, 0.15) is 12.4 Å². The van der Waals surface area contributed by atoms with Crippen molar-refractivity contribution in [2.24, 2.45) is 4.99 Å². The van der Waals surface area contributed by atoms with Gasteiger partial charge in [0.05, 0.1) is 13.9 Å². The highest BCUT2D eigenvalue weighted by Gasteiger charge is 2.22. The normalized spacial score (nSPS) is 14.9. The fraction of sp³-hybridized carbons (Fsp3) is 0.150. The lowest BCUT2D eigenvalue weighted by atomic mass is 10.1. The molecule has 8 heteroatoms. The number of aryl methyl sites for hydroxylation is 1. The van der Waals surface area contributed by atoms with Gasteiger partial charge in [0.2, 0.25) is 5.91 Å². The molecule has 1 aliphatic rings. The Bertz CT molecular complexity index is 978. The monoisotopic (exact) mass is 522 g/mol. The summed E-state index contributed by atoms with van der Waals surface area (Å²) in [5.74, 6) is 0.0462. The van der Waals surface area contributed by atoms with Crippen molar-refractivity contribution in [2.45, 2.75) is 20.5 Å². The van der Waals surface area contributed by atoms with Crippen molar-refractivity contribution < 1.29 is 14.3 Å². The van der Waals surface area contributed by atoms with Gasteiger partial charge in [-0.05, 0) is 79.9 Å². The molecule has 0 bridgehead atoms. The third kappa shape index (κ3) is 5.33. The van der Waals surface area contributed by atoms with E-state index in [1.165, 1.54) is 12.5 Å². The van der Waals surface area contributed by atoms with Gasteiger partial charge >= 0.3 is 0 Å². The Labute approximate surface area is 183 Å². The molecule has 0 radical (unpaired) electrons. The minimum atomic E-state index is -0.374. The minimum Gasteiger partial charge on any atom is -0.487 e. The number of hydrogen-bond acceptors (Lipinski definition) is 4. The number of thioether (sulfide) groups is 1. The summed E-state index contributed by atoms with van der Waals surface area (Å²) in [6.07, 6.45) is 1.73. The Morgan fingerprint density at radius 1 is 1.21 bits per heavy atom. The first-order chi connectivity index (χ1) is 13.3. The van der Waals surface area contributed by atoms with Gasteiger partial charge in [0.25, 0.3) is 5.91 Å². The summed E-state index contributed by atoms with van der Waals surface area (Å²) in [6.45, 7) is 3.86. The Hall–Kier alpha value is -1.90. The molecule has 3 rings (SSSR count). The number of rotatable bonds is 4. The van der Waals surface area contributed by atoms with Crippen molar-refractivity contribution in [3.8, 4) is 5.75 Å². The maximum atomic E-state index is 12.0. The van der Waals surface area contributed by atoms with Crippen molar-refractivity contribution in [1.82, 2.24) is 5.32 Å². The molecule has 0 atom stereocenters. The van der Waals surface area contributed by atoms with E-state index in [0.29, 0.717) is 22.4 Å². The zero-order chi connectivity index (χ0) is 20.3. The standard InChI is InChI=1S/C20H16Br2N2O3S/c1-11-3-5-13(6-4-11)10-27-18-15(21)7-14(8-16(18)22)9-17-19(26)24-20(28-17)23-12(2)25/h3-9H,10H2,1-2H3,(H,23,24,25,26). The minimum absolute atomic E-state index is 0.263. The second kappa shape index (κ2) is 9.07. The average molecular weight is 524 g/mol. The predicted molar refractivity (Wildman–Crippen MR) is 119 cm³/mol. The number of amidine groups is 1. The fourth-order valence-electron chi connectivity index (χ4n) is 2.41. The number of ether oxygens (including phenoxy) is 1. The van der Waals surface area contributed by atoms with Crippen LogP contribution in [0.25, 0.3) is 6.08 Å². The molecule has 0 spiro atoms. The van der Waals surface area contributed by atoms with E-state index in [1.807, 2.05) is 43.3 Å². The number of nitrogens with zero attached hydrogens (tertiary/aromatic N) is 1. The van der Waals surface area contributed by atoms with Crippen molar-refractivity contribution in [3.63, 3.8) is 0 Å². The summed E-state index contributed by atoms with van der Waals surface area (Å²) in [5.41, 5.74) is 3.08. The number of aliphatic imine (C=N–C) groups is 1. The summed E-state index contributed by atoms with van der Waals surface area (Å²) in [6, 6.07) is 11.9. The van der Waals surface area contributed by atoms with Gasteiger partial charge in [-0.1, -0.05) is 29.8 Å². The largest absolute Gasteiger partial charge is 0.487 e. The first kappa shape index (κ1) is 20.8. The average Bonchev–Trinajstić information content (AvgIpc) is 2.94. The molecule has 0 aliphatic carbocycles. The SMILES string of the molecule is CC(=O)NC1=NC(=O)C(=Cc2cc(Br)c(OCc3ccc(C)cc3)c(Br)c2)S1. The molecule has 0 saturated carbocycles. The molecule has 2 amide bonds. The van der Waals surface area contributed by atoms with Crippen molar-refractivity contribution in [2.75, 3.05) is 0 Å². The fourth-order valence-corrected chi connectivity index (χ4v) is 4.72. The summed E-state index contributed by atoms with van der Waals surface area (Å²) in [5, 5.41) is 2.82. The Morgan fingerprint density at radius 2 is 1.86 bits per heavy atom. The Balaban J connectivity index is 1.74. The Morgan fingerprint density at radius 3 is 2.46 bits per heavy atom. The summed E-state index contributed by atoms with van der Waals surface area (Å²) >= 11 is 8.20. The van der Waals surface area contributed by atoms with Crippen LogP contribution in [-0.4, -0.2) is 17.0 Å². The quantitative estimate of drug-likeness (QED) is 0.559. The lowest BCUT2D eigenvalue weighted by Gasteiger charge is -2.12. The van der Waals surface area contributed by atoms with Crippen molar-refractivity contribution in [3.05, 3.63) is 66.9 Å². The molecule has 0 aromatic heterocycles. The number of halogens is 2. The van der Waals surface area contributed by atoms with Crippen LogP contribution in [0.15, 0.2) is 55.2 Å². The van der Waals surface area contributed by atoms with Crippen LogP contribution in [0.2, 0.25) is 0 Å². The van der Waals surface area contributed by atoms with E-state index in [0.717, 1.165) is 31.8 Å². The summed E-state index contributed by atoms with van der Waals surface area (Å²) in [4.78, 5) is 27.4. The zero-order valence-electron chi connectivity index (χ0n) is 15.1. The van der Waals surface area contributed by atoms with Gasteiger partial charge in [-0.25, -0.2) is 0 Å². The maximum Gasteiger partial charge on any atom is 0.286 e. The number of carbonyl (C=O) groups is 2. The molecular formula is C20H16Br2N2O3S. The highest BCUT2D eigenvalue weighted by Crippen LogP contribution is 2.37. The third-order valence-electron chi connectivity index (χ3n) is 3.73. The van der Waals surface area contributed by atoms with Gasteiger partial charge in [0, 0.05) is 6.92 Å². The van der Waals surface area contributed by atoms with Gasteiger partial charge in [-0.15, -0.1) is 0 Å². The van der Waals surface area contributed by atoms with Crippen LogP contribution in [0, 0.1) is 6.92 Å². The van der Waals surface area contributed by atoms with Crippen LogP contribution in [0.5, 0.6) is 5.75 Å². The molecular weight excluding hydrogens is 508 g/mol. The predicted octanol–water partition coefficient (Wildman–Crippen LogP) is 5.21. The van der Waals surface area contributed by atoms with Crippen LogP contribution in [-0.2, 0) is 16.2 Å². The molecule has 2 aromatic carbocycles. The highest BCUT2D eigenvalue weighted by molar-refractivity contribution is 9.11. The van der Waals surface area contributed by atoms with Crippen LogP contribution in [0.3, 0.4) is 0 Å². The molecule has 2 aromatic rings. The third-order valence-corrected chi connectivity index (χ3v) is 5.80. The van der Waals surface area contributed by atoms with E-state index in [4.69, 9.17) is 4.74 Å². The first-order valence-electron chi connectivity index (χ1n) is 8.29. The molecule has 1 heterocycles. The number of carbonyl (C=O) groups excluding carboxylic acids is 2. The van der Waals surface area contributed by atoms with E-state index in [2.05, 4.69) is 42.2 Å². The smallest absolute Gasteiger partial charge is 0.286 e. The topological polar surface area (TPSA) is 67.8 Å². The Kier molecular flexibility index (Phi) is 6.74. The van der Waals surface area contributed by atoms with Crippen molar-refractivity contribution in [1.29, 1.82) is 0 Å². The highest BCUT2D eigenvalue weighted by atomic mass is 79.9. The van der Waals surface area contributed by atoms with Crippen LogP contribution in [0.4, 0.5) is 0 Å². The van der Waals surface area contributed by atoms with Crippen LogP contribution in [0.1, 0.15) is 23.6 Å². The number of amides is 2. The number of hydrogen-bond donors (Lipinski definition) is 1. The molecule has 1 aliphatic heterocycles. The number of benzene rings is 2. The number of nitrogens with one attached hydrogen (secondary N) is 1. The summed E-state index contributed by atoms with van der Waals surface area (Å²) in [7, 11) is 0. The van der Waals surface area contributed by atoms with E-state index in [-0.39, 0.29) is 11.8 Å². The molecule has 5 nitrogen and oxygen atoms in total. The maximum absolute atomic E-state index is 12.0. The molecule has 144 valence electrons. The van der Waals surface area contributed by atoms with Gasteiger partial charge in [-0.2, -0.15) is 4.99 Å². The van der Waals surface area contributed by atoms with Crippen molar-refractivity contribution >= 4 is 66.7 Å². The molecule has 0 fully saturated rings. The van der Waals surface area contributed by atoms with Gasteiger partial charge < -0.3 is 10.1 Å². The molecule has 1 N–H and O–H groups in total. The molecule has 0 unspecified atom stereocenters. The molecule has 0 saturated heterocycles. The lowest BCUT2D eigenvalue weighted by molar-refractivity contribution is -0.117. The van der Waals surface area contributed by atoms with Crippen LogP contribution >= 0.6 is 43.6 Å². The van der Waals surface area contributed by atoms with Gasteiger partial charge in [0.15, 0.2) is 5.17 Å². The van der Waals surface area contributed by atoms with Crippen LogP contribution < -0.4 is 10.1 Å². The second-order valence-electron chi connectivity index (χ2n) is 6.10. The lowest BCUT2D eigenvalue weighted by Crippen LogP contribution is -2.23. The van der Waals surface area contributed by atoms with Gasteiger partial charge in [-0.3, -0.25) is 9.59 Å². The second-order valence-corrected chi connectivity index (χ2v) is 8.84. The van der Waals surface area contributed by atoms with E-state index in [1.54, 1.807) is 6.08 Å².